The number of hydrogen-bond acceptors (Lipinski definition) is 5. The molecule has 164 valence electrons. The van der Waals surface area contributed by atoms with Crippen molar-refractivity contribution in [3.05, 3.63) is 47.4 Å². The average Bonchev–Trinajstić information content (AvgIpc) is 3.36. The maximum absolute atomic E-state index is 12.8. The average molecular weight is 443 g/mol. The van der Waals surface area contributed by atoms with Crippen LogP contribution in [-0.4, -0.2) is 45.1 Å². The number of aromatic nitrogens is 3. The predicted octanol–water partition coefficient (Wildman–Crippen LogP) is 4.49. The van der Waals surface area contributed by atoms with Crippen LogP contribution in [0.4, 0.5) is 0 Å². The summed E-state index contributed by atoms with van der Waals surface area (Å²) in [5, 5.41) is 0.341. The topological polar surface area (TPSA) is 69.5 Å². The van der Waals surface area contributed by atoms with Gasteiger partial charge in [-0.25, -0.2) is 4.98 Å². The van der Waals surface area contributed by atoms with Crippen molar-refractivity contribution in [1.29, 1.82) is 0 Å². The van der Waals surface area contributed by atoms with Crippen LogP contribution in [0, 0.1) is 5.92 Å². The molecule has 4 rings (SSSR count). The Morgan fingerprint density at radius 1 is 1.26 bits per heavy atom. The summed E-state index contributed by atoms with van der Waals surface area (Å²) in [6, 6.07) is 9.56. The van der Waals surface area contributed by atoms with E-state index in [9.17, 15) is 4.79 Å². The molecule has 0 N–H and O–H groups in total. The highest BCUT2D eigenvalue weighted by atomic mass is 35.5. The first-order valence-electron chi connectivity index (χ1n) is 10.5. The first-order chi connectivity index (χ1) is 14.9. The lowest BCUT2D eigenvalue weighted by Gasteiger charge is -2.26. The molecule has 3 aromatic rings. The van der Waals surface area contributed by atoms with Gasteiger partial charge in [-0.1, -0.05) is 23.7 Å². The van der Waals surface area contributed by atoms with Crippen molar-refractivity contribution in [2.75, 3.05) is 13.7 Å². The number of nitrogens with zero attached hydrogens (tertiary/aromatic N) is 4. The zero-order valence-corrected chi connectivity index (χ0v) is 19.0. The standard InChI is InChI=1S/C23H27ClN4O3/c1-5-27-13-25-19-11-20(24)26-23(22(19)27)31-15(3)17-10-21(29)28(12-17)14(2)16-6-8-18(30-4)9-7-16/h6-9,11,13-15,17H,5,10,12H2,1-4H3/t14-,15-,17-/m1/s1. The molecule has 8 heteroatoms. The highest BCUT2D eigenvalue weighted by Gasteiger charge is 2.37. The van der Waals surface area contributed by atoms with Gasteiger partial charge in [0, 0.05) is 31.5 Å². The van der Waals surface area contributed by atoms with E-state index in [1.807, 2.05) is 47.6 Å². The van der Waals surface area contributed by atoms with Crippen LogP contribution in [0.2, 0.25) is 5.15 Å². The van der Waals surface area contributed by atoms with E-state index < -0.39 is 0 Å². The molecular formula is C23H27ClN4O3. The highest BCUT2D eigenvalue weighted by Crippen LogP contribution is 2.33. The summed E-state index contributed by atoms with van der Waals surface area (Å²) in [6.07, 6.45) is 2.00. The molecule has 0 spiro atoms. The molecule has 31 heavy (non-hydrogen) atoms. The van der Waals surface area contributed by atoms with Crippen molar-refractivity contribution in [2.24, 2.45) is 5.92 Å². The Morgan fingerprint density at radius 3 is 2.68 bits per heavy atom. The van der Waals surface area contributed by atoms with Crippen molar-refractivity contribution in [1.82, 2.24) is 19.4 Å². The largest absolute Gasteiger partial charge is 0.497 e. The molecule has 3 heterocycles. The molecule has 0 aliphatic carbocycles. The number of ether oxygens (including phenoxy) is 2. The van der Waals surface area contributed by atoms with Crippen LogP contribution in [-0.2, 0) is 11.3 Å². The SMILES string of the molecule is CCn1cnc2cc(Cl)nc(O[C@H](C)[C@@H]3CC(=O)N([C@H](C)c4ccc(OC)cc4)C3)c21. The summed E-state index contributed by atoms with van der Waals surface area (Å²) in [6.45, 7) is 7.45. The summed E-state index contributed by atoms with van der Waals surface area (Å²) in [7, 11) is 1.64. The van der Waals surface area contributed by atoms with Crippen LogP contribution in [0.15, 0.2) is 36.7 Å². The first kappa shape index (κ1) is 21.4. The number of amides is 1. The number of aryl methyl sites for hydroxylation is 1. The van der Waals surface area contributed by atoms with Crippen molar-refractivity contribution in [3.8, 4) is 11.6 Å². The van der Waals surface area contributed by atoms with E-state index in [4.69, 9.17) is 21.1 Å². The van der Waals surface area contributed by atoms with Gasteiger partial charge in [-0.2, -0.15) is 4.98 Å². The number of likely N-dealkylation sites (tertiary alicyclic amines) is 1. The van der Waals surface area contributed by atoms with Gasteiger partial charge in [-0.05, 0) is 38.5 Å². The maximum Gasteiger partial charge on any atom is 0.241 e. The molecule has 1 aromatic carbocycles. The monoisotopic (exact) mass is 442 g/mol. The van der Waals surface area contributed by atoms with Gasteiger partial charge in [0.2, 0.25) is 11.8 Å². The summed E-state index contributed by atoms with van der Waals surface area (Å²) >= 11 is 6.19. The fraction of sp³-hybridized carbons (Fsp3) is 0.435. The van der Waals surface area contributed by atoms with Gasteiger partial charge >= 0.3 is 0 Å². The van der Waals surface area contributed by atoms with Crippen molar-refractivity contribution in [2.45, 2.75) is 45.9 Å². The van der Waals surface area contributed by atoms with E-state index in [-0.39, 0.29) is 24.0 Å². The van der Waals surface area contributed by atoms with Gasteiger partial charge < -0.3 is 18.9 Å². The van der Waals surface area contributed by atoms with E-state index >= 15 is 0 Å². The number of hydrogen-bond donors (Lipinski definition) is 0. The smallest absolute Gasteiger partial charge is 0.241 e. The second-order valence-electron chi connectivity index (χ2n) is 7.93. The Kier molecular flexibility index (Phi) is 6.05. The van der Waals surface area contributed by atoms with Gasteiger partial charge in [0.05, 0.1) is 25.0 Å². The van der Waals surface area contributed by atoms with Crippen LogP contribution in [0.5, 0.6) is 11.6 Å². The molecule has 1 amide bonds. The third-order valence-electron chi connectivity index (χ3n) is 6.09. The number of carbonyl (C=O) groups is 1. The fourth-order valence-electron chi connectivity index (χ4n) is 4.14. The maximum atomic E-state index is 12.8. The van der Waals surface area contributed by atoms with Crippen LogP contribution in [0.25, 0.3) is 11.0 Å². The van der Waals surface area contributed by atoms with E-state index in [2.05, 4.69) is 16.9 Å². The van der Waals surface area contributed by atoms with E-state index in [0.717, 1.165) is 28.9 Å². The van der Waals surface area contributed by atoms with Gasteiger partial charge in [0.25, 0.3) is 0 Å². The number of halogens is 1. The van der Waals surface area contributed by atoms with Crippen molar-refractivity contribution < 1.29 is 14.3 Å². The Hall–Kier alpha value is -2.80. The predicted molar refractivity (Wildman–Crippen MR) is 120 cm³/mol. The number of imidazole rings is 1. The molecule has 0 unspecified atom stereocenters. The van der Waals surface area contributed by atoms with Crippen LogP contribution < -0.4 is 9.47 Å². The van der Waals surface area contributed by atoms with Crippen molar-refractivity contribution in [3.63, 3.8) is 0 Å². The lowest BCUT2D eigenvalue weighted by Crippen LogP contribution is -2.31. The first-order valence-corrected chi connectivity index (χ1v) is 10.9. The lowest BCUT2D eigenvalue weighted by atomic mass is 10.0. The highest BCUT2D eigenvalue weighted by molar-refractivity contribution is 6.30. The number of benzene rings is 1. The minimum Gasteiger partial charge on any atom is -0.497 e. The molecule has 0 saturated carbocycles. The summed E-state index contributed by atoms with van der Waals surface area (Å²) in [5.41, 5.74) is 2.65. The molecule has 1 aliphatic heterocycles. The van der Waals surface area contributed by atoms with E-state index in [1.54, 1.807) is 19.5 Å². The van der Waals surface area contributed by atoms with Crippen LogP contribution >= 0.6 is 11.6 Å². The zero-order chi connectivity index (χ0) is 22.1. The number of fused-ring (bicyclic) bond motifs is 1. The molecule has 1 saturated heterocycles. The molecule has 1 aliphatic rings. The number of carbonyl (C=O) groups excluding carboxylic acids is 1. The molecule has 2 aromatic heterocycles. The quantitative estimate of drug-likeness (QED) is 0.504. The van der Waals surface area contributed by atoms with Gasteiger partial charge in [-0.3, -0.25) is 4.79 Å². The van der Waals surface area contributed by atoms with Crippen LogP contribution in [0.3, 0.4) is 0 Å². The Bertz CT molecular complexity index is 1080. The third-order valence-corrected chi connectivity index (χ3v) is 6.28. The molecule has 7 nitrogen and oxygen atoms in total. The van der Waals surface area contributed by atoms with Gasteiger partial charge in [0.15, 0.2) is 0 Å². The summed E-state index contributed by atoms with van der Waals surface area (Å²) in [5.74, 6) is 1.45. The fourth-order valence-corrected chi connectivity index (χ4v) is 4.32. The summed E-state index contributed by atoms with van der Waals surface area (Å²) in [4.78, 5) is 23.5. The van der Waals surface area contributed by atoms with E-state index in [0.29, 0.717) is 24.0 Å². The molecule has 0 radical (unpaired) electrons. The zero-order valence-electron chi connectivity index (χ0n) is 18.2. The Morgan fingerprint density at radius 2 is 2.00 bits per heavy atom. The van der Waals surface area contributed by atoms with Crippen LogP contribution in [0.1, 0.15) is 38.8 Å². The van der Waals surface area contributed by atoms with Crippen molar-refractivity contribution >= 4 is 28.5 Å². The Labute approximate surface area is 186 Å². The molecule has 0 bridgehead atoms. The minimum atomic E-state index is -0.202. The van der Waals surface area contributed by atoms with E-state index in [1.165, 1.54) is 0 Å². The van der Waals surface area contributed by atoms with Gasteiger partial charge in [0.1, 0.15) is 22.5 Å². The molecular weight excluding hydrogens is 416 g/mol. The number of rotatable bonds is 7. The summed E-state index contributed by atoms with van der Waals surface area (Å²) < 4.78 is 13.5. The second kappa shape index (κ2) is 8.75. The molecule has 1 fully saturated rings. The second-order valence-corrected chi connectivity index (χ2v) is 8.32. The van der Waals surface area contributed by atoms with Gasteiger partial charge in [-0.15, -0.1) is 0 Å². The number of methoxy groups -OCH3 is 1. The Balaban J connectivity index is 1.50. The minimum absolute atomic E-state index is 0.0202. The third kappa shape index (κ3) is 4.19. The number of pyridine rings is 1. The normalized spacial score (nSPS) is 18.4. The lowest BCUT2D eigenvalue weighted by molar-refractivity contribution is -0.129. The molecule has 3 atom stereocenters.